The monoisotopic (exact) mass is 1280 g/mol. The van der Waals surface area contributed by atoms with Crippen LogP contribution in [-0.2, 0) is 19.5 Å². The second-order valence-electron chi connectivity index (χ2n) is 23.7. The van der Waals surface area contributed by atoms with Crippen molar-refractivity contribution in [1.29, 1.82) is 0 Å². The van der Waals surface area contributed by atoms with Gasteiger partial charge in [0, 0.05) is 19.5 Å². The van der Waals surface area contributed by atoms with Crippen molar-refractivity contribution in [3.63, 3.8) is 0 Å². The molecule has 0 nitrogen and oxygen atoms in total. The fourth-order valence-corrected chi connectivity index (χ4v) is 14.1. The summed E-state index contributed by atoms with van der Waals surface area (Å²) in [5, 5.41) is 0. The maximum Gasteiger partial charge on any atom is 0.108 e. The van der Waals surface area contributed by atoms with E-state index in [4.69, 9.17) is 0 Å². The number of benzene rings is 12. The first-order valence-corrected chi connectivity index (χ1v) is 33.0. The van der Waals surface area contributed by atoms with Gasteiger partial charge in [0.1, 0.15) is 18.4 Å². The maximum atomic E-state index is 2.27. The first-order chi connectivity index (χ1) is 45.3. The van der Waals surface area contributed by atoms with Gasteiger partial charge in [0.25, 0.3) is 0 Å². The van der Waals surface area contributed by atoms with Crippen molar-refractivity contribution in [3.05, 3.63) is 415 Å². The predicted molar refractivity (Wildman–Crippen MR) is 402 cm³/mol. The van der Waals surface area contributed by atoms with Crippen molar-refractivity contribution in [2.45, 2.75) is 51.4 Å². The Bertz CT molecular complexity index is 2890. The largest absolute Gasteiger partial charge is 0.195 e. The van der Waals surface area contributed by atoms with E-state index in [1.54, 1.807) is 0 Å². The average Bonchev–Trinajstić information content (AvgIpc) is 0.781. The van der Waals surface area contributed by atoms with E-state index in [9.17, 15) is 0 Å². The molecule has 0 bridgehead atoms. The normalized spacial score (nSPS) is 13.3. The van der Waals surface area contributed by atoms with Gasteiger partial charge >= 0.3 is 0 Å². The molecule has 4 heteroatoms. The molecule has 0 atom stereocenters. The minimum absolute atomic E-state index is 0. The molecule has 2 fully saturated rings. The van der Waals surface area contributed by atoms with E-state index < -0.39 is 18.4 Å². The van der Waals surface area contributed by atoms with Gasteiger partial charge in [0.05, 0.1) is 0 Å². The minimum Gasteiger partial charge on any atom is -0.195 e. The SMILES string of the molecule is [CH]1[CH]CC[CH][CH]CC1.[CH]1[CH]CC[CH][CH]CC1.[Rh].c1ccc([B-](c2ccccc2)(c2ccccc2)c2ccccc2)cc1.c1ccc([B-](c2ccccc2)(c2ccccc2)c2ccccc2)cc1.c1ccc([B-](c2ccccc2)(c2ccccc2)c2ccccc2)cc1. The van der Waals surface area contributed by atoms with Crippen LogP contribution >= 0.6 is 0 Å². The summed E-state index contributed by atoms with van der Waals surface area (Å²) in [4.78, 5) is 0. The molecule has 0 unspecified atom stereocenters. The Hall–Kier alpha value is -8.54. The van der Waals surface area contributed by atoms with E-state index in [1.807, 2.05) is 0 Å². The van der Waals surface area contributed by atoms with Crippen LogP contribution < -0.4 is 65.6 Å². The molecular formula is C88H84B3Rh-3. The maximum absolute atomic E-state index is 2.27. The molecule has 457 valence electrons. The molecule has 12 aromatic rings. The van der Waals surface area contributed by atoms with Crippen molar-refractivity contribution in [2.75, 3.05) is 0 Å². The zero-order valence-electron chi connectivity index (χ0n) is 53.0. The molecule has 0 spiro atoms. The minimum atomic E-state index is -1.22. The van der Waals surface area contributed by atoms with Crippen LogP contribution in [0.3, 0.4) is 0 Å². The Morgan fingerprint density at radius 1 is 0.120 bits per heavy atom. The van der Waals surface area contributed by atoms with Crippen LogP contribution in [0, 0.1) is 51.4 Å². The van der Waals surface area contributed by atoms with Gasteiger partial charge in [-0.25, -0.2) is 0 Å². The second kappa shape index (κ2) is 37.1. The van der Waals surface area contributed by atoms with E-state index in [1.165, 1.54) is 117 Å². The van der Waals surface area contributed by atoms with Crippen LogP contribution in [-0.4, -0.2) is 18.4 Å². The van der Waals surface area contributed by atoms with Gasteiger partial charge in [-0.2, -0.15) is 65.6 Å². The van der Waals surface area contributed by atoms with Crippen LogP contribution in [0.15, 0.2) is 364 Å². The Morgan fingerprint density at radius 2 is 0.196 bits per heavy atom. The van der Waals surface area contributed by atoms with Crippen LogP contribution in [0.2, 0.25) is 0 Å². The summed E-state index contributed by atoms with van der Waals surface area (Å²) in [6.45, 7) is 0. The average molecular weight is 1280 g/mol. The van der Waals surface area contributed by atoms with Gasteiger partial charge in [0.15, 0.2) is 0 Å². The number of rotatable bonds is 12. The standard InChI is InChI=1S/3C24H20B.2C8H12.Rh/c3*1-5-13-21(14-6-1)25(22-15-7-2-8-16-22,23-17-9-3-10-18-23)24-19-11-4-12-20-24;2*1-2-4-6-8-7-5-3-1;/h3*1-20H;2*1-2,7-8H,3-6H2;/q3*-1;;;. The fourth-order valence-electron chi connectivity index (χ4n) is 14.1. The van der Waals surface area contributed by atoms with Crippen LogP contribution in [0.25, 0.3) is 0 Å². The Balaban J connectivity index is 0.000000144. The summed E-state index contributed by atoms with van der Waals surface area (Å²) < 4.78 is 0. The summed E-state index contributed by atoms with van der Waals surface area (Å²) in [7, 11) is 0. The Kier molecular flexibility index (Phi) is 27.3. The molecule has 0 amide bonds. The third kappa shape index (κ3) is 17.1. The summed E-state index contributed by atoms with van der Waals surface area (Å²) in [5.74, 6) is 0. The molecule has 0 N–H and O–H groups in total. The molecule has 12 aromatic carbocycles. The third-order valence-electron chi connectivity index (χ3n) is 18.3. The molecule has 2 aliphatic carbocycles. The molecule has 0 saturated heterocycles. The molecule has 0 heterocycles. The molecule has 0 aromatic heterocycles. The van der Waals surface area contributed by atoms with Gasteiger partial charge in [0.2, 0.25) is 0 Å². The molecule has 0 aliphatic heterocycles. The number of hydrogen-bond acceptors (Lipinski definition) is 0. The van der Waals surface area contributed by atoms with Gasteiger partial charge in [-0.1, -0.05) is 364 Å². The molecule has 9 radical (unpaired) electrons. The van der Waals surface area contributed by atoms with Gasteiger partial charge in [-0.15, -0.1) is 0 Å². The van der Waals surface area contributed by atoms with Gasteiger partial charge < -0.3 is 0 Å². The van der Waals surface area contributed by atoms with E-state index in [-0.39, 0.29) is 19.5 Å². The Morgan fingerprint density at radius 3 is 0.272 bits per heavy atom. The zero-order chi connectivity index (χ0) is 62.2. The molecule has 92 heavy (non-hydrogen) atoms. The van der Waals surface area contributed by atoms with E-state index in [0.29, 0.717) is 0 Å². The van der Waals surface area contributed by atoms with Crippen LogP contribution in [0.5, 0.6) is 0 Å². The van der Waals surface area contributed by atoms with E-state index in [0.717, 1.165) is 0 Å². The predicted octanol–water partition coefficient (Wildman–Crippen LogP) is 13.9. The van der Waals surface area contributed by atoms with E-state index >= 15 is 0 Å². The summed E-state index contributed by atoms with van der Waals surface area (Å²) in [6, 6.07) is 131. The van der Waals surface area contributed by atoms with Crippen LogP contribution in [0.4, 0.5) is 0 Å². The zero-order valence-corrected chi connectivity index (χ0v) is 54.6. The van der Waals surface area contributed by atoms with Crippen molar-refractivity contribution >= 4 is 84.0 Å². The molecule has 14 rings (SSSR count). The quantitative estimate of drug-likeness (QED) is 0.107. The fraction of sp³-hybridized carbons (Fsp3) is 0.0909. The second-order valence-corrected chi connectivity index (χ2v) is 23.7. The van der Waals surface area contributed by atoms with Crippen molar-refractivity contribution in [1.82, 2.24) is 0 Å². The van der Waals surface area contributed by atoms with E-state index in [2.05, 4.69) is 415 Å². The smallest absolute Gasteiger partial charge is 0.108 e. The Labute approximate surface area is 566 Å². The van der Waals surface area contributed by atoms with Crippen molar-refractivity contribution in [2.24, 2.45) is 0 Å². The number of hydrogen-bond donors (Lipinski definition) is 0. The van der Waals surface area contributed by atoms with Crippen molar-refractivity contribution < 1.29 is 19.5 Å². The first kappa shape index (κ1) is 67.8. The summed E-state index contributed by atoms with van der Waals surface area (Å²) >= 11 is 0. The molecular weight excluding hydrogens is 1190 g/mol. The van der Waals surface area contributed by atoms with Gasteiger partial charge in [-0.3, -0.25) is 0 Å². The topological polar surface area (TPSA) is 0 Å². The summed E-state index contributed by atoms with van der Waals surface area (Å²) in [6.07, 6.45) is 24.4. The third-order valence-corrected chi connectivity index (χ3v) is 18.3. The molecule has 2 aliphatic rings. The molecule has 2 saturated carbocycles. The summed E-state index contributed by atoms with van der Waals surface area (Å²) in [5.41, 5.74) is 16.1. The van der Waals surface area contributed by atoms with Crippen LogP contribution in [0.1, 0.15) is 51.4 Å². The first-order valence-electron chi connectivity index (χ1n) is 33.0. The van der Waals surface area contributed by atoms with Crippen molar-refractivity contribution in [3.8, 4) is 0 Å². The van der Waals surface area contributed by atoms with Gasteiger partial charge in [-0.05, 0) is 103 Å².